The van der Waals surface area contributed by atoms with Crippen molar-refractivity contribution in [1.82, 2.24) is 14.5 Å². The van der Waals surface area contributed by atoms with Crippen LogP contribution < -0.4 is 16.8 Å². The topological polar surface area (TPSA) is 129 Å². The zero-order chi connectivity index (χ0) is 22.1. The van der Waals surface area contributed by atoms with E-state index in [0.717, 1.165) is 5.69 Å². The third kappa shape index (κ3) is 3.80. The number of hydrogen-bond donors (Lipinski definition) is 3. The Morgan fingerprint density at radius 1 is 1.06 bits per heavy atom. The summed E-state index contributed by atoms with van der Waals surface area (Å²) in [6, 6.07) is 13.1. The number of carbonyl (C=O) groups is 2. The van der Waals surface area contributed by atoms with Crippen molar-refractivity contribution in [2.45, 2.75) is 13.5 Å². The standard InChI is InChI=1S/C22H19FN6O2/c1-12-8-16-15(19(24)30)6-3-7-18(16)29(12)22-27-11-17(20(25)31)21(28-22)26-10-13-4-2-5-14(23)9-13/h2-9,11H,10H2,1H3,(H2,24,30)(H2,25,31)(H,26,27,28). The first-order valence-electron chi connectivity index (χ1n) is 9.41. The van der Waals surface area contributed by atoms with Gasteiger partial charge in [0.2, 0.25) is 11.9 Å². The van der Waals surface area contributed by atoms with Gasteiger partial charge in [-0.05, 0) is 42.8 Å². The van der Waals surface area contributed by atoms with Crippen LogP contribution in [0.1, 0.15) is 32.0 Å². The summed E-state index contributed by atoms with van der Waals surface area (Å²) in [5, 5.41) is 3.70. The maximum absolute atomic E-state index is 13.5. The van der Waals surface area contributed by atoms with Crippen molar-refractivity contribution in [3.63, 3.8) is 0 Å². The SMILES string of the molecule is Cc1cc2c(C(N)=O)cccc2n1-c1ncc(C(N)=O)c(NCc2cccc(F)c2)n1. The highest BCUT2D eigenvalue weighted by Gasteiger charge is 2.18. The minimum absolute atomic E-state index is 0.104. The Kier molecular flexibility index (Phi) is 5.08. The van der Waals surface area contributed by atoms with Crippen LogP contribution in [0.4, 0.5) is 10.2 Å². The fourth-order valence-electron chi connectivity index (χ4n) is 3.47. The Bertz CT molecular complexity index is 1330. The number of aromatic nitrogens is 3. The van der Waals surface area contributed by atoms with Gasteiger partial charge in [-0.1, -0.05) is 18.2 Å². The van der Waals surface area contributed by atoms with Gasteiger partial charge in [0, 0.05) is 29.4 Å². The molecule has 156 valence electrons. The van der Waals surface area contributed by atoms with Gasteiger partial charge in [0.15, 0.2) is 0 Å². The van der Waals surface area contributed by atoms with Crippen molar-refractivity contribution >= 4 is 28.5 Å². The third-order valence-electron chi connectivity index (χ3n) is 4.89. The first kappa shape index (κ1) is 20.0. The summed E-state index contributed by atoms with van der Waals surface area (Å²) < 4.78 is 15.2. The number of nitrogens with one attached hydrogen (secondary N) is 1. The molecule has 0 atom stereocenters. The highest BCUT2D eigenvalue weighted by atomic mass is 19.1. The molecule has 5 N–H and O–H groups in total. The van der Waals surface area contributed by atoms with E-state index < -0.39 is 11.8 Å². The lowest BCUT2D eigenvalue weighted by atomic mass is 10.1. The lowest BCUT2D eigenvalue weighted by molar-refractivity contribution is 0.0992. The molecular weight excluding hydrogens is 399 g/mol. The molecule has 0 spiro atoms. The van der Waals surface area contributed by atoms with Crippen LogP contribution in [-0.2, 0) is 6.54 Å². The van der Waals surface area contributed by atoms with E-state index in [1.165, 1.54) is 18.3 Å². The van der Waals surface area contributed by atoms with E-state index in [0.29, 0.717) is 22.0 Å². The zero-order valence-electron chi connectivity index (χ0n) is 16.6. The fraction of sp³-hybridized carbons (Fsp3) is 0.0909. The molecule has 0 aliphatic rings. The number of fused-ring (bicyclic) bond motifs is 1. The van der Waals surface area contributed by atoms with Crippen LogP contribution in [0.5, 0.6) is 0 Å². The van der Waals surface area contributed by atoms with Gasteiger partial charge in [-0.3, -0.25) is 14.2 Å². The van der Waals surface area contributed by atoms with Crippen molar-refractivity contribution in [2.75, 3.05) is 5.32 Å². The first-order chi connectivity index (χ1) is 14.8. The smallest absolute Gasteiger partial charge is 0.254 e. The van der Waals surface area contributed by atoms with E-state index in [1.807, 2.05) is 19.1 Å². The van der Waals surface area contributed by atoms with Crippen LogP contribution in [0.3, 0.4) is 0 Å². The van der Waals surface area contributed by atoms with Crippen molar-refractivity contribution in [3.05, 3.63) is 82.9 Å². The number of nitrogens with zero attached hydrogens (tertiary/aromatic N) is 3. The highest BCUT2D eigenvalue weighted by Crippen LogP contribution is 2.26. The summed E-state index contributed by atoms with van der Waals surface area (Å²) in [5.41, 5.74) is 13.6. The number of halogens is 1. The Morgan fingerprint density at radius 2 is 1.81 bits per heavy atom. The van der Waals surface area contributed by atoms with Gasteiger partial charge in [-0.25, -0.2) is 9.37 Å². The number of anilines is 1. The van der Waals surface area contributed by atoms with Crippen LogP contribution in [0.25, 0.3) is 16.9 Å². The predicted molar refractivity (Wildman–Crippen MR) is 114 cm³/mol. The van der Waals surface area contributed by atoms with Crippen LogP contribution in [0, 0.1) is 12.7 Å². The number of aryl methyl sites for hydroxylation is 1. The molecule has 4 rings (SSSR count). The number of amides is 2. The summed E-state index contributed by atoms with van der Waals surface area (Å²) in [7, 11) is 0. The molecule has 0 aliphatic carbocycles. The van der Waals surface area contributed by atoms with Crippen LogP contribution in [-0.4, -0.2) is 26.3 Å². The Labute approximate surface area is 176 Å². The zero-order valence-corrected chi connectivity index (χ0v) is 16.6. The maximum Gasteiger partial charge on any atom is 0.254 e. The maximum atomic E-state index is 13.5. The highest BCUT2D eigenvalue weighted by molar-refractivity contribution is 6.06. The largest absolute Gasteiger partial charge is 0.366 e. The number of primary amides is 2. The molecule has 0 fully saturated rings. The van der Waals surface area contributed by atoms with Crippen molar-refractivity contribution in [2.24, 2.45) is 11.5 Å². The normalized spacial score (nSPS) is 10.9. The molecule has 4 aromatic rings. The van der Waals surface area contributed by atoms with Gasteiger partial charge < -0.3 is 16.8 Å². The second-order valence-corrected chi connectivity index (χ2v) is 7.00. The van der Waals surface area contributed by atoms with E-state index in [4.69, 9.17) is 11.5 Å². The quantitative estimate of drug-likeness (QED) is 0.443. The molecule has 2 amide bonds. The molecule has 2 heterocycles. The molecule has 0 saturated heterocycles. The van der Waals surface area contributed by atoms with Crippen molar-refractivity contribution < 1.29 is 14.0 Å². The van der Waals surface area contributed by atoms with E-state index >= 15 is 0 Å². The summed E-state index contributed by atoms with van der Waals surface area (Å²) in [6.07, 6.45) is 1.34. The predicted octanol–water partition coefficient (Wildman–Crippen LogP) is 2.68. The van der Waals surface area contributed by atoms with Gasteiger partial charge in [0.25, 0.3) is 5.91 Å². The first-order valence-corrected chi connectivity index (χ1v) is 9.41. The summed E-state index contributed by atoms with van der Waals surface area (Å²) in [5.74, 6) is -1.10. The molecule has 31 heavy (non-hydrogen) atoms. The third-order valence-corrected chi connectivity index (χ3v) is 4.89. The van der Waals surface area contributed by atoms with E-state index in [-0.39, 0.29) is 29.7 Å². The number of nitrogens with two attached hydrogens (primary N) is 2. The molecule has 0 radical (unpaired) electrons. The Balaban J connectivity index is 1.79. The van der Waals surface area contributed by atoms with E-state index in [1.54, 1.807) is 28.8 Å². The summed E-state index contributed by atoms with van der Waals surface area (Å²) in [6.45, 7) is 2.07. The number of hydrogen-bond acceptors (Lipinski definition) is 5. The molecule has 9 heteroatoms. The Morgan fingerprint density at radius 3 is 2.52 bits per heavy atom. The Hall–Kier alpha value is -4.27. The van der Waals surface area contributed by atoms with Crippen LogP contribution in [0.15, 0.2) is 54.7 Å². The van der Waals surface area contributed by atoms with Gasteiger partial charge in [0.1, 0.15) is 11.6 Å². The minimum atomic E-state index is -0.696. The molecule has 2 aromatic carbocycles. The second kappa shape index (κ2) is 7.86. The molecule has 0 unspecified atom stereocenters. The lowest BCUT2D eigenvalue weighted by Gasteiger charge is -2.13. The summed E-state index contributed by atoms with van der Waals surface area (Å²) >= 11 is 0. The number of rotatable bonds is 6. The number of carbonyl (C=O) groups excluding carboxylic acids is 2. The molecule has 2 aromatic heterocycles. The van der Waals surface area contributed by atoms with Crippen LogP contribution >= 0.6 is 0 Å². The average Bonchev–Trinajstić information content (AvgIpc) is 3.07. The van der Waals surface area contributed by atoms with Crippen LogP contribution in [0.2, 0.25) is 0 Å². The lowest BCUT2D eigenvalue weighted by Crippen LogP contribution is -2.18. The van der Waals surface area contributed by atoms with Crippen molar-refractivity contribution in [3.8, 4) is 5.95 Å². The minimum Gasteiger partial charge on any atom is -0.366 e. The van der Waals surface area contributed by atoms with E-state index in [9.17, 15) is 14.0 Å². The monoisotopic (exact) mass is 418 g/mol. The summed E-state index contributed by atoms with van der Waals surface area (Å²) in [4.78, 5) is 32.4. The van der Waals surface area contributed by atoms with Crippen molar-refractivity contribution in [1.29, 1.82) is 0 Å². The van der Waals surface area contributed by atoms with Gasteiger partial charge in [-0.2, -0.15) is 4.98 Å². The molecule has 0 bridgehead atoms. The van der Waals surface area contributed by atoms with Gasteiger partial charge in [-0.15, -0.1) is 0 Å². The molecular formula is C22H19FN6O2. The molecule has 0 saturated carbocycles. The molecule has 8 nitrogen and oxygen atoms in total. The van der Waals surface area contributed by atoms with Gasteiger partial charge >= 0.3 is 0 Å². The van der Waals surface area contributed by atoms with E-state index in [2.05, 4.69) is 15.3 Å². The second-order valence-electron chi connectivity index (χ2n) is 7.00. The average molecular weight is 418 g/mol. The number of benzene rings is 2. The molecule has 0 aliphatic heterocycles. The fourth-order valence-corrected chi connectivity index (χ4v) is 3.47. The van der Waals surface area contributed by atoms with Gasteiger partial charge in [0.05, 0.1) is 11.1 Å².